The Morgan fingerprint density at radius 2 is 1.78 bits per heavy atom. The molecule has 2 aromatic carbocycles. The largest absolute Gasteiger partial charge is 0.486 e. The molecule has 10 heteroatoms. The number of fused-ring (bicyclic) bond motifs is 1. The highest BCUT2D eigenvalue weighted by molar-refractivity contribution is 7.89. The van der Waals surface area contributed by atoms with Crippen LogP contribution in [0.25, 0.3) is 0 Å². The van der Waals surface area contributed by atoms with Gasteiger partial charge in [0.2, 0.25) is 10.0 Å². The molecule has 0 unspecified atom stereocenters. The number of carbonyl (C=O) groups is 1. The topological polar surface area (TPSA) is 120 Å². The molecule has 2 aromatic rings. The van der Waals surface area contributed by atoms with E-state index in [0.29, 0.717) is 30.4 Å². The zero-order chi connectivity index (χ0) is 19.6. The van der Waals surface area contributed by atoms with Crippen LogP contribution in [-0.4, -0.2) is 33.3 Å². The van der Waals surface area contributed by atoms with Gasteiger partial charge in [-0.15, -0.1) is 0 Å². The van der Waals surface area contributed by atoms with Gasteiger partial charge in [-0.1, -0.05) is 11.6 Å². The highest BCUT2D eigenvalue weighted by Gasteiger charge is 2.17. The van der Waals surface area contributed by atoms with Gasteiger partial charge in [-0.2, -0.15) is 5.10 Å². The van der Waals surface area contributed by atoms with Gasteiger partial charge in [-0.05, 0) is 43.3 Å². The molecular formula is C17H16ClN3O5S. The number of primary sulfonamides is 1. The van der Waals surface area contributed by atoms with Crippen LogP contribution in [-0.2, 0) is 10.0 Å². The first kappa shape index (κ1) is 19.2. The monoisotopic (exact) mass is 409 g/mol. The third-order valence-electron chi connectivity index (χ3n) is 3.79. The van der Waals surface area contributed by atoms with Crippen LogP contribution in [0.15, 0.2) is 46.4 Å². The lowest BCUT2D eigenvalue weighted by atomic mass is 10.1. The lowest BCUT2D eigenvalue weighted by molar-refractivity contribution is 0.0954. The molecule has 0 radical (unpaired) electrons. The van der Waals surface area contributed by atoms with Crippen LogP contribution < -0.4 is 20.0 Å². The zero-order valence-electron chi connectivity index (χ0n) is 14.2. The van der Waals surface area contributed by atoms with Crippen molar-refractivity contribution >= 4 is 33.2 Å². The Hall–Kier alpha value is -2.62. The predicted octanol–water partition coefficient (Wildman–Crippen LogP) is 1.91. The van der Waals surface area contributed by atoms with Crippen molar-refractivity contribution in [1.82, 2.24) is 5.43 Å². The van der Waals surface area contributed by atoms with E-state index in [4.69, 9.17) is 26.2 Å². The molecular weight excluding hydrogens is 394 g/mol. The molecule has 3 rings (SSSR count). The molecule has 142 valence electrons. The Morgan fingerprint density at radius 1 is 1.11 bits per heavy atom. The van der Waals surface area contributed by atoms with Crippen molar-refractivity contribution in [3.63, 3.8) is 0 Å². The smallest absolute Gasteiger partial charge is 0.271 e. The van der Waals surface area contributed by atoms with Gasteiger partial charge in [0.25, 0.3) is 5.91 Å². The minimum atomic E-state index is -4.05. The molecule has 1 amide bonds. The highest BCUT2D eigenvalue weighted by Crippen LogP contribution is 2.30. The van der Waals surface area contributed by atoms with E-state index in [1.54, 1.807) is 25.1 Å². The Labute approximate surface area is 161 Å². The minimum absolute atomic E-state index is 0.0575. The van der Waals surface area contributed by atoms with Crippen molar-refractivity contribution in [1.29, 1.82) is 0 Å². The first-order valence-corrected chi connectivity index (χ1v) is 9.75. The molecule has 0 fully saturated rings. The normalized spacial score (nSPS) is 14.0. The van der Waals surface area contributed by atoms with Crippen LogP contribution in [0.1, 0.15) is 22.8 Å². The number of hydrogen-bond acceptors (Lipinski definition) is 6. The summed E-state index contributed by atoms with van der Waals surface area (Å²) in [4.78, 5) is 11.9. The van der Waals surface area contributed by atoms with Crippen molar-refractivity contribution in [3.05, 3.63) is 52.5 Å². The van der Waals surface area contributed by atoms with E-state index in [-0.39, 0.29) is 15.5 Å². The maximum atomic E-state index is 12.3. The zero-order valence-corrected chi connectivity index (χ0v) is 15.8. The van der Waals surface area contributed by atoms with Gasteiger partial charge in [0.15, 0.2) is 11.5 Å². The standard InChI is InChI=1S/C17H16ClN3O5S/c1-10(11-3-5-14-15(8-11)26-7-6-25-14)20-21-17(22)12-2-4-13(18)16(9-12)27(19,23)24/h2-5,8-9H,6-7H2,1H3,(H,21,22)(H2,19,23,24)/b20-10-. The van der Waals surface area contributed by atoms with Crippen LogP contribution in [0, 0.1) is 0 Å². The summed E-state index contributed by atoms with van der Waals surface area (Å²) in [5, 5.41) is 9.06. The Balaban J connectivity index is 1.78. The molecule has 0 saturated carbocycles. The van der Waals surface area contributed by atoms with E-state index < -0.39 is 15.9 Å². The van der Waals surface area contributed by atoms with E-state index in [1.807, 2.05) is 0 Å². The molecule has 0 spiro atoms. The first-order chi connectivity index (χ1) is 12.8. The number of nitrogens with two attached hydrogens (primary N) is 1. The van der Waals surface area contributed by atoms with Crippen LogP contribution >= 0.6 is 11.6 Å². The number of benzene rings is 2. The molecule has 1 aliphatic heterocycles. The fourth-order valence-corrected chi connectivity index (χ4v) is 3.47. The van der Waals surface area contributed by atoms with E-state index in [1.165, 1.54) is 12.1 Å². The number of nitrogens with one attached hydrogen (secondary N) is 1. The van der Waals surface area contributed by atoms with Gasteiger partial charge in [-0.25, -0.2) is 19.0 Å². The van der Waals surface area contributed by atoms with E-state index >= 15 is 0 Å². The van der Waals surface area contributed by atoms with Crippen molar-refractivity contribution in [2.45, 2.75) is 11.8 Å². The number of nitrogens with zero attached hydrogens (tertiary/aromatic N) is 1. The van der Waals surface area contributed by atoms with E-state index in [2.05, 4.69) is 10.5 Å². The molecule has 0 saturated heterocycles. The van der Waals surface area contributed by atoms with Gasteiger partial charge in [0, 0.05) is 11.1 Å². The van der Waals surface area contributed by atoms with Crippen LogP contribution in [0.3, 0.4) is 0 Å². The average Bonchev–Trinajstić information content (AvgIpc) is 2.64. The van der Waals surface area contributed by atoms with Crippen molar-refractivity contribution in [2.75, 3.05) is 13.2 Å². The lowest BCUT2D eigenvalue weighted by Crippen LogP contribution is -2.21. The number of sulfonamides is 1. The molecule has 0 aliphatic carbocycles. The molecule has 0 atom stereocenters. The molecule has 0 bridgehead atoms. The van der Waals surface area contributed by atoms with E-state index in [9.17, 15) is 13.2 Å². The average molecular weight is 410 g/mol. The van der Waals surface area contributed by atoms with Gasteiger partial charge in [0.1, 0.15) is 18.1 Å². The first-order valence-electron chi connectivity index (χ1n) is 7.83. The van der Waals surface area contributed by atoms with Crippen molar-refractivity contribution in [2.24, 2.45) is 10.2 Å². The second-order valence-corrected chi connectivity index (χ2v) is 7.62. The summed E-state index contributed by atoms with van der Waals surface area (Å²) >= 11 is 5.81. The van der Waals surface area contributed by atoms with E-state index in [0.717, 1.165) is 11.6 Å². The number of hydrogen-bond donors (Lipinski definition) is 2. The summed E-state index contributed by atoms with van der Waals surface area (Å²) in [5.74, 6) is 0.655. The molecule has 8 nitrogen and oxygen atoms in total. The summed E-state index contributed by atoms with van der Waals surface area (Å²) in [6, 6.07) is 9.08. The number of amides is 1. The third kappa shape index (κ3) is 4.38. The maximum Gasteiger partial charge on any atom is 0.271 e. The quantitative estimate of drug-likeness (QED) is 0.590. The minimum Gasteiger partial charge on any atom is -0.486 e. The molecule has 1 heterocycles. The number of ether oxygens (including phenoxy) is 2. The predicted molar refractivity (Wildman–Crippen MR) is 99.9 cm³/mol. The highest BCUT2D eigenvalue weighted by atomic mass is 35.5. The van der Waals surface area contributed by atoms with Crippen molar-refractivity contribution in [3.8, 4) is 11.5 Å². The molecule has 0 aromatic heterocycles. The molecule has 1 aliphatic rings. The Morgan fingerprint density at radius 3 is 2.48 bits per heavy atom. The Bertz CT molecular complexity index is 1040. The van der Waals surface area contributed by atoms with Gasteiger partial charge < -0.3 is 9.47 Å². The van der Waals surface area contributed by atoms with Gasteiger partial charge >= 0.3 is 0 Å². The number of carbonyl (C=O) groups excluding carboxylic acids is 1. The van der Waals surface area contributed by atoms with Gasteiger partial charge in [0.05, 0.1) is 10.7 Å². The fourth-order valence-electron chi connectivity index (χ4n) is 2.39. The van der Waals surface area contributed by atoms with Crippen LogP contribution in [0.2, 0.25) is 5.02 Å². The lowest BCUT2D eigenvalue weighted by Gasteiger charge is -2.18. The van der Waals surface area contributed by atoms with Crippen molar-refractivity contribution < 1.29 is 22.7 Å². The number of hydrazone groups is 1. The molecule has 3 N–H and O–H groups in total. The number of halogens is 1. The number of rotatable bonds is 4. The summed E-state index contributed by atoms with van der Waals surface area (Å²) in [6.45, 7) is 2.67. The van der Waals surface area contributed by atoms with Gasteiger partial charge in [-0.3, -0.25) is 4.79 Å². The van der Waals surface area contributed by atoms with Crippen LogP contribution in [0.5, 0.6) is 11.5 Å². The second kappa shape index (κ2) is 7.55. The second-order valence-electron chi connectivity index (χ2n) is 5.69. The fraction of sp³-hybridized carbons (Fsp3) is 0.176. The summed E-state index contributed by atoms with van der Waals surface area (Å²) in [5.41, 5.74) is 3.70. The molecule has 27 heavy (non-hydrogen) atoms. The summed E-state index contributed by atoms with van der Waals surface area (Å²) in [6.07, 6.45) is 0. The maximum absolute atomic E-state index is 12.3. The Kier molecular flexibility index (Phi) is 5.36. The van der Waals surface area contributed by atoms with Crippen LogP contribution in [0.4, 0.5) is 0 Å². The third-order valence-corrected chi connectivity index (χ3v) is 5.18. The SMILES string of the molecule is C/C(=N/NC(=O)c1ccc(Cl)c(S(N)(=O)=O)c1)c1ccc2c(c1)OCCO2. The summed E-state index contributed by atoms with van der Waals surface area (Å²) < 4.78 is 34.0. The summed E-state index contributed by atoms with van der Waals surface area (Å²) in [7, 11) is -4.05.